The molecule has 0 atom stereocenters. The molecule has 0 heterocycles. The number of ether oxygens (including phenoxy) is 1. The fourth-order valence-electron chi connectivity index (χ4n) is 2.74. The van der Waals surface area contributed by atoms with Gasteiger partial charge in [-0.25, -0.2) is 13.2 Å². The van der Waals surface area contributed by atoms with Crippen molar-refractivity contribution in [1.29, 1.82) is 0 Å². The van der Waals surface area contributed by atoms with Crippen LogP contribution in [0.3, 0.4) is 0 Å². The Labute approximate surface area is 157 Å². The van der Waals surface area contributed by atoms with Crippen molar-refractivity contribution in [2.45, 2.75) is 10.6 Å². The maximum Gasteiger partial charge on any atom is 0.341 e. The van der Waals surface area contributed by atoms with Crippen LogP contribution in [0.2, 0.25) is 0 Å². The van der Waals surface area contributed by atoms with E-state index in [1.54, 1.807) is 24.3 Å². The molecule has 0 aliphatic heterocycles. The average Bonchev–Trinajstić information content (AvgIpc) is 2.68. The number of methoxy groups -OCH3 is 1. The molecule has 138 valence electrons. The second kappa shape index (κ2) is 7.63. The van der Waals surface area contributed by atoms with E-state index in [9.17, 15) is 18.3 Å². The van der Waals surface area contributed by atoms with Crippen molar-refractivity contribution in [3.63, 3.8) is 0 Å². The van der Waals surface area contributed by atoms with Gasteiger partial charge in [-0.15, -0.1) is 0 Å². The molecular weight excluding hydrogens is 364 g/mol. The highest BCUT2D eigenvalue weighted by Gasteiger charge is 2.18. The molecule has 0 unspecified atom stereocenters. The fraction of sp³-hybridized carbons (Fsp3) is 0.0952. The molecule has 0 amide bonds. The monoisotopic (exact) mass is 382 g/mol. The van der Waals surface area contributed by atoms with Crippen LogP contribution in [0.25, 0.3) is 11.1 Å². The zero-order valence-electron chi connectivity index (χ0n) is 14.6. The van der Waals surface area contributed by atoms with Crippen LogP contribution in [-0.4, -0.2) is 26.6 Å². The highest BCUT2D eigenvalue weighted by atomic mass is 32.2. The lowest BCUT2D eigenvalue weighted by molar-refractivity contribution is 0.0597. The first kappa shape index (κ1) is 18.7. The summed E-state index contributed by atoms with van der Waals surface area (Å²) in [7, 11) is -2.39. The molecule has 0 bridgehead atoms. The predicted molar refractivity (Wildman–Crippen MR) is 102 cm³/mol. The van der Waals surface area contributed by atoms with Crippen molar-refractivity contribution in [1.82, 2.24) is 0 Å². The van der Waals surface area contributed by atoms with Gasteiger partial charge in [0.1, 0.15) is 11.3 Å². The molecule has 6 heteroatoms. The second-order valence-corrected chi connectivity index (χ2v) is 7.98. The molecule has 0 fully saturated rings. The van der Waals surface area contributed by atoms with E-state index in [0.717, 1.165) is 11.1 Å². The third-order valence-corrected chi connectivity index (χ3v) is 5.85. The predicted octanol–water partition coefficient (Wildman–Crippen LogP) is 3.82. The Morgan fingerprint density at radius 2 is 1.56 bits per heavy atom. The third-order valence-electron chi connectivity index (χ3n) is 4.14. The summed E-state index contributed by atoms with van der Waals surface area (Å²) in [5.74, 6) is -1.28. The minimum Gasteiger partial charge on any atom is -0.507 e. The number of benzene rings is 3. The number of carbonyl (C=O) groups excluding carboxylic acids is 1. The van der Waals surface area contributed by atoms with Gasteiger partial charge in [0.25, 0.3) is 0 Å². The topological polar surface area (TPSA) is 80.7 Å². The van der Waals surface area contributed by atoms with Crippen LogP contribution < -0.4 is 0 Å². The smallest absolute Gasteiger partial charge is 0.341 e. The summed E-state index contributed by atoms with van der Waals surface area (Å²) in [6.45, 7) is 0. The number of aromatic hydroxyl groups is 1. The van der Waals surface area contributed by atoms with Crippen LogP contribution in [0, 0.1) is 0 Å². The number of hydrogen-bond acceptors (Lipinski definition) is 5. The Morgan fingerprint density at radius 1 is 0.926 bits per heavy atom. The Morgan fingerprint density at radius 3 is 2.15 bits per heavy atom. The van der Waals surface area contributed by atoms with Crippen molar-refractivity contribution < 1.29 is 23.1 Å². The molecule has 3 rings (SSSR count). The van der Waals surface area contributed by atoms with Crippen LogP contribution in [0.5, 0.6) is 5.75 Å². The minimum atomic E-state index is -3.59. The van der Waals surface area contributed by atoms with Gasteiger partial charge in [0.2, 0.25) is 0 Å². The molecule has 0 saturated heterocycles. The molecule has 0 aliphatic carbocycles. The maximum atomic E-state index is 12.7. The largest absolute Gasteiger partial charge is 0.507 e. The van der Waals surface area contributed by atoms with Crippen LogP contribution in [0.4, 0.5) is 0 Å². The molecule has 0 spiro atoms. The van der Waals surface area contributed by atoms with Gasteiger partial charge in [0, 0.05) is 0 Å². The zero-order chi connectivity index (χ0) is 19.4. The van der Waals surface area contributed by atoms with Gasteiger partial charge in [-0.2, -0.15) is 0 Å². The Hall–Kier alpha value is -3.12. The number of rotatable bonds is 5. The van der Waals surface area contributed by atoms with Gasteiger partial charge < -0.3 is 9.84 Å². The number of esters is 1. The van der Waals surface area contributed by atoms with Gasteiger partial charge in [0.05, 0.1) is 17.8 Å². The Bertz CT molecular complexity index is 1060. The van der Waals surface area contributed by atoms with Gasteiger partial charge in [-0.05, 0) is 41.0 Å². The van der Waals surface area contributed by atoms with Crippen molar-refractivity contribution in [2.75, 3.05) is 7.11 Å². The minimum absolute atomic E-state index is 0.00846. The van der Waals surface area contributed by atoms with Crippen molar-refractivity contribution in [3.05, 3.63) is 83.9 Å². The number of sulfone groups is 1. The van der Waals surface area contributed by atoms with E-state index in [4.69, 9.17) is 0 Å². The first-order valence-electron chi connectivity index (χ1n) is 8.19. The summed E-state index contributed by atoms with van der Waals surface area (Å²) >= 11 is 0. The quantitative estimate of drug-likeness (QED) is 0.679. The SMILES string of the molecule is COC(=O)c1ccc(CS(=O)(=O)c2ccc(-c3ccccc3)cc2)cc1O. The summed E-state index contributed by atoms with van der Waals surface area (Å²) in [4.78, 5) is 11.7. The van der Waals surface area contributed by atoms with Crippen LogP contribution in [-0.2, 0) is 20.3 Å². The molecule has 0 saturated carbocycles. The maximum absolute atomic E-state index is 12.7. The van der Waals surface area contributed by atoms with E-state index in [-0.39, 0.29) is 22.0 Å². The molecule has 5 nitrogen and oxygen atoms in total. The Kier molecular flexibility index (Phi) is 5.28. The number of phenolic OH excluding ortho intramolecular Hbond substituents is 1. The number of hydrogen-bond donors (Lipinski definition) is 1. The molecule has 0 aliphatic rings. The summed E-state index contributed by atoms with van der Waals surface area (Å²) in [5, 5.41) is 9.93. The van der Waals surface area contributed by atoms with Gasteiger partial charge in [0.15, 0.2) is 9.84 Å². The lowest BCUT2D eigenvalue weighted by atomic mass is 10.1. The normalized spacial score (nSPS) is 11.1. The molecule has 3 aromatic carbocycles. The first-order chi connectivity index (χ1) is 12.9. The zero-order valence-corrected chi connectivity index (χ0v) is 15.4. The van der Waals surface area contributed by atoms with Crippen LogP contribution in [0.1, 0.15) is 15.9 Å². The van der Waals surface area contributed by atoms with Gasteiger partial charge >= 0.3 is 5.97 Å². The van der Waals surface area contributed by atoms with Crippen molar-refractivity contribution >= 4 is 15.8 Å². The number of carbonyl (C=O) groups is 1. The summed E-state index contributed by atoms with van der Waals surface area (Å²) in [5.41, 5.74) is 2.30. The molecule has 3 aromatic rings. The summed E-state index contributed by atoms with van der Waals surface area (Å²) in [6, 6.07) is 20.4. The van der Waals surface area contributed by atoms with Crippen LogP contribution in [0.15, 0.2) is 77.7 Å². The van der Waals surface area contributed by atoms with Crippen LogP contribution >= 0.6 is 0 Å². The lowest BCUT2D eigenvalue weighted by Gasteiger charge is -2.08. The third kappa shape index (κ3) is 4.17. The molecular formula is C21H18O5S. The van der Waals surface area contributed by atoms with E-state index < -0.39 is 15.8 Å². The van der Waals surface area contributed by atoms with Crippen molar-refractivity contribution in [3.8, 4) is 16.9 Å². The van der Waals surface area contributed by atoms with E-state index >= 15 is 0 Å². The van der Waals surface area contributed by atoms with Gasteiger partial charge in [-0.3, -0.25) is 0 Å². The molecule has 1 N–H and O–H groups in total. The standard InChI is InChI=1S/C21H18O5S/c1-26-21(23)19-12-7-15(13-20(19)22)14-27(24,25)18-10-8-17(9-11-18)16-5-3-2-4-6-16/h2-13,22H,14H2,1H3. The number of phenols is 1. The van der Waals surface area contributed by atoms with E-state index in [1.807, 2.05) is 30.3 Å². The molecule has 0 radical (unpaired) electrons. The summed E-state index contributed by atoms with van der Waals surface area (Å²) in [6.07, 6.45) is 0. The highest BCUT2D eigenvalue weighted by Crippen LogP contribution is 2.25. The van der Waals surface area contributed by atoms with Crippen molar-refractivity contribution in [2.24, 2.45) is 0 Å². The molecule has 27 heavy (non-hydrogen) atoms. The first-order valence-corrected chi connectivity index (χ1v) is 9.84. The highest BCUT2D eigenvalue weighted by molar-refractivity contribution is 7.90. The Balaban J connectivity index is 1.83. The second-order valence-electron chi connectivity index (χ2n) is 5.99. The summed E-state index contributed by atoms with van der Waals surface area (Å²) < 4.78 is 29.9. The van der Waals surface area contributed by atoms with E-state index in [0.29, 0.717) is 5.56 Å². The average molecular weight is 382 g/mol. The van der Waals surface area contributed by atoms with E-state index in [1.165, 1.54) is 25.3 Å². The van der Waals surface area contributed by atoms with E-state index in [2.05, 4.69) is 4.74 Å². The fourth-order valence-corrected chi connectivity index (χ4v) is 4.07. The molecule has 0 aromatic heterocycles. The van der Waals surface area contributed by atoms with Gasteiger partial charge in [-0.1, -0.05) is 48.5 Å². The lowest BCUT2D eigenvalue weighted by Crippen LogP contribution is -2.06.